The number of aliphatic hydroxyl groups excluding tert-OH is 15. The summed E-state index contributed by atoms with van der Waals surface area (Å²) in [7, 11) is -3.95. The molecule has 0 rings (SSSR count). The molecular weight excluding hydrogens is 643 g/mol. The van der Waals surface area contributed by atoms with Crippen molar-refractivity contribution in [1.82, 2.24) is 0 Å². The zero-order chi connectivity index (χ0) is 34.1. The number of aliphatic hydroxyl groups is 15. The van der Waals surface area contributed by atoms with Gasteiger partial charge in [-0.2, -0.15) is 8.42 Å². The fourth-order valence-electron chi connectivity index (χ4n) is 3.64. The molecule has 0 saturated heterocycles. The van der Waals surface area contributed by atoms with Crippen LogP contribution in [0.1, 0.15) is 14.8 Å². The summed E-state index contributed by atoms with van der Waals surface area (Å²) < 4.78 is 40.1. The third kappa shape index (κ3) is 12.1. The molecule has 0 aliphatic carbocycles. The average Bonchev–Trinajstić information content (AvgIpc) is 2.98. The Kier molecular flexibility index (Phi) is 21.0. The van der Waals surface area contributed by atoms with Crippen molar-refractivity contribution in [2.24, 2.45) is 0 Å². The molecule has 0 aromatic heterocycles. The van der Waals surface area contributed by atoms with Gasteiger partial charge in [-0.25, -0.2) is 4.79 Å². The molecule has 0 aromatic rings. The third-order valence-corrected chi connectivity index (χ3v) is 7.63. The molecule has 0 spiro atoms. The van der Waals surface area contributed by atoms with Crippen LogP contribution in [0.3, 0.4) is 0 Å². The minimum atomic E-state index is -4.96. The molecule has 16 N–H and O–H groups in total. The number of esters is 1. The summed E-state index contributed by atoms with van der Waals surface area (Å²) in [5, 5.41) is 150. The van der Waals surface area contributed by atoms with E-state index in [1.807, 2.05) is 0 Å². The molecule has 0 aromatic carbocycles. The molecule has 44 heavy (non-hydrogen) atoms. The van der Waals surface area contributed by atoms with E-state index >= 15 is 0 Å². The Morgan fingerprint density at radius 2 is 0.886 bits per heavy atom. The van der Waals surface area contributed by atoms with Crippen LogP contribution in [0.4, 0.5) is 0 Å². The van der Waals surface area contributed by atoms with Crippen LogP contribution in [-0.2, 0) is 24.4 Å². The fraction of sp³-hybridized carbons (Fsp3) is 0.952. The number of carbonyl (C=O) groups excluding carboxylic acids is 1. The molecule has 0 aliphatic rings. The first-order valence-corrected chi connectivity index (χ1v) is 14.0. The molecule has 0 amide bonds. The van der Waals surface area contributed by atoms with E-state index < -0.39 is 126 Å². The smallest absolute Gasteiger partial charge is 1.00 e. The third-order valence-electron chi connectivity index (χ3n) is 6.54. The van der Waals surface area contributed by atoms with Crippen molar-refractivity contribution in [2.45, 2.75) is 110 Å². The van der Waals surface area contributed by atoms with Gasteiger partial charge in [-0.1, -0.05) is 6.92 Å². The Morgan fingerprint density at radius 3 is 1.11 bits per heavy atom. The molecule has 0 radical (unpaired) electrons. The predicted molar refractivity (Wildman–Crippen MR) is 135 cm³/mol. The summed E-state index contributed by atoms with van der Waals surface area (Å²) in [6.07, 6.45) is -39.0. The summed E-state index contributed by atoms with van der Waals surface area (Å²) in [5.41, 5.74) is -2.19. The topological polar surface area (TPSA) is 393 Å². The number of ether oxygens (including phenoxy) is 2. The maximum atomic E-state index is 11.9. The van der Waals surface area contributed by atoms with Gasteiger partial charge in [0, 0.05) is 7.11 Å². The van der Waals surface area contributed by atoms with Crippen LogP contribution in [-0.4, -0.2) is 206 Å². The summed E-state index contributed by atoms with van der Waals surface area (Å²) in [5.74, 6) is -1.92. The number of rotatable bonds is 20. The molecule has 0 heterocycles. The molecule has 0 aliphatic heterocycles. The first-order valence-electron chi connectivity index (χ1n) is 12.4. The van der Waals surface area contributed by atoms with Gasteiger partial charge in [-0.3, -0.25) is 4.55 Å². The Labute approximate surface area is 274 Å². The van der Waals surface area contributed by atoms with Crippen LogP contribution in [0.15, 0.2) is 0 Å². The quantitative estimate of drug-likeness (QED) is 0.0321. The number of hydrogen-bond donors (Lipinski definition) is 16. The van der Waals surface area contributed by atoms with Crippen LogP contribution >= 0.6 is 0 Å². The summed E-state index contributed by atoms with van der Waals surface area (Å²) in [6, 6.07) is 0. The molecule has 260 valence electrons. The Balaban J connectivity index is -0.00000882. The van der Waals surface area contributed by atoms with Crippen LogP contribution < -0.4 is 29.6 Å². The Bertz CT molecular complexity index is 932. The van der Waals surface area contributed by atoms with E-state index in [1.165, 1.54) is 0 Å². The minimum absolute atomic E-state index is 0. The van der Waals surface area contributed by atoms with E-state index in [1.54, 1.807) is 0 Å². The van der Waals surface area contributed by atoms with Crippen molar-refractivity contribution in [1.29, 1.82) is 0 Å². The van der Waals surface area contributed by atoms with Crippen LogP contribution in [0.5, 0.6) is 0 Å². The zero-order valence-electron chi connectivity index (χ0n) is 24.8. The summed E-state index contributed by atoms with van der Waals surface area (Å²) >= 11 is 0. The van der Waals surface area contributed by atoms with E-state index in [0.29, 0.717) is 0 Å². The van der Waals surface area contributed by atoms with Crippen molar-refractivity contribution < 1.29 is 135 Å². The van der Waals surface area contributed by atoms with Gasteiger partial charge in [-0.15, -0.1) is 0 Å². The molecule has 0 saturated carbocycles. The van der Waals surface area contributed by atoms with Crippen molar-refractivity contribution >= 4 is 16.1 Å². The number of methoxy groups -OCH3 is 1. The van der Waals surface area contributed by atoms with E-state index in [9.17, 15) is 84.7 Å². The van der Waals surface area contributed by atoms with Crippen LogP contribution in [0.2, 0.25) is 0 Å². The Morgan fingerprint density at radius 1 is 0.614 bits per heavy atom. The van der Waals surface area contributed by atoms with Gasteiger partial charge in [0.1, 0.15) is 85.5 Å². The molecule has 0 fully saturated rings. The van der Waals surface area contributed by atoms with E-state index in [0.717, 1.165) is 14.0 Å². The Hall–Kier alpha value is -0.260. The largest absolute Gasteiger partial charge is 1.00 e. The minimum Gasteiger partial charge on any atom is -1.00 e. The monoisotopic (exact) mass is 686 g/mol. The number of carbonyl (C=O) groups is 1. The van der Waals surface area contributed by atoms with Gasteiger partial charge in [0.05, 0.1) is 6.61 Å². The normalized spacial score (nSPS) is 23.5. The standard InChI is InChI=1S/C21H42O21S.Na.H/c1-3-6(43(38,39)40)42-21(37)20(36)19(35)18(34)17(33)16(32)15(31)14(30)13(29)12(28)11(27)10(26)9(25)8(24)7(23)5(4-22)41-2;;/h5-20,22-36H,3-4H2,1-2H3,(H,38,39,40);;/q;+1;-1. The van der Waals surface area contributed by atoms with Gasteiger partial charge < -0.3 is 87.5 Å². The maximum absolute atomic E-state index is 11.9. The SMILES string of the molecule is CCC(OC(=O)C(O)C(O)C(O)C(O)C(O)C(O)C(O)C(O)C(O)C(O)C(O)C(O)C(O)C(O)C(CO)OC)S(=O)(=O)O.[H-].[Na+]. The van der Waals surface area contributed by atoms with Crippen LogP contribution in [0.25, 0.3) is 0 Å². The molecular formula is C21H43NaO21S. The molecule has 23 heteroatoms. The molecule has 16 unspecified atom stereocenters. The summed E-state index contributed by atoms with van der Waals surface area (Å²) in [6.45, 7) is 0.287. The number of hydrogen-bond acceptors (Lipinski definition) is 20. The van der Waals surface area contributed by atoms with Crippen molar-refractivity contribution in [3.63, 3.8) is 0 Å². The predicted octanol–water partition coefficient (Wildman–Crippen LogP) is -12.7. The van der Waals surface area contributed by atoms with Crippen molar-refractivity contribution in [2.75, 3.05) is 13.7 Å². The summed E-state index contributed by atoms with van der Waals surface area (Å²) in [4.78, 5) is 11.9. The second kappa shape index (κ2) is 20.2. The maximum Gasteiger partial charge on any atom is 1.00 e. The van der Waals surface area contributed by atoms with Gasteiger partial charge in [0.25, 0.3) is 0 Å². The molecule has 0 bridgehead atoms. The zero-order valence-corrected chi connectivity index (χ0v) is 26.6. The van der Waals surface area contributed by atoms with E-state index in [-0.39, 0.29) is 31.0 Å². The van der Waals surface area contributed by atoms with Crippen molar-refractivity contribution in [3.05, 3.63) is 0 Å². The van der Waals surface area contributed by atoms with Gasteiger partial charge in [-0.05, 0) is 6.42 Å². The van der Waals surface area contributed by atoms with Gasteiger partial charge in [0.15, 0.2) is 6.10 Å². The van der Waals surface area contributed by atoms with Gasteiger partial charge in [0.2, 0.25) is 5.44 Å². The molecule has 21 nitrogen and oxygen atoms in total. The second-order valence-corrected chi connectivity index (χ2v) is 11.1. The van der Waals surface area contributed by atoms with Gasteiger partial charge >= 0.3 is 45.6 Å². The molecule has 16 atom stereocenters. The second-order valence-electron chi connectivity index (χ2n) is 9.57. The fourth-order valence-corrected chi connectivity index (χ4v) is 4.28. The van der Waals surface area contributed by atoms with E-state index in [2.05, 4.69) is 9.47 Å². The first kappa shape index (κ1) is 45.9. The average molecular weight is 687 g/mol. The van der Waals surface area contributed by atoms with E-state index in [4.69, 9.17) is 9.66 Å². The van der Waals surface area contributed by atoms with Crippen LogP contribution in [0, 0.1) is 0 Å². The van der Waals surface area contributed by atoms with Crippen molar-refractivity contribution in [3.8, 4) is 0 Å². The first-order chi connectivity index (χ1) is 19.6.